The molecule has 0 bridgehead atoms. The maximum absolute atomic E-state index is 12.7. The molecule has 4 heterocycles. The third kappa shape index (κ3) is 3.77. The van der Waals surface area contributed by atoms with E-state index in [-0.39, 0.29) is 30.0 Å². The fourth-order valence-electron chi connectivity index (χ4n) is 4.39. The highest BCUT2D eigenvalue weighted by Gasteiger charge is 2.33. The lowest BCUT2D eigenvalue weighted by molar-refractivity contribution is -0.133. The number of piperidine rings is 1. The summed E-state index contributed by atoms with van der Waals surface area (Å²) < 4.78 is 25.2. The van der Waals surface area contributed by atoms with Crippen molar-refractivity contribution in [2.75, 3.05) is 38.2 Å². The molecule has 2 fully saturated rings. The minimum atomic E-state index is -2.94. The van der Waals surface area contributed by atoms with Crippen molar-refractivity contribution in [2.24, 2.45) is 7.05 Å². The van der Waals surface area contributed by atoms with Gasteiger partial charge in [0.25, 0.3) is 0 Å². The van der Waals surface area contributed by atoms with Gasteiger partial charge in [0, 0.05) is 43.7 Å². The monoisotopic (exact) mass is 405 g/mol. The van der Waals surface area contributed by atoms with Crippen LogP contribution in [0.3, 0.4) is 0 Å². The van der Waals surface area contributed by atoms with Gasteiger partial charge in [-0.2, -0.15) is 5.10 Å². The second-order valence-corrected chi connectivity index (χ2v) is 10.2. The van der Waals surface area contributed by atoms with Gasteiger partial charge in [0.05, 0.1) is 23.7 Å². The van der Waals surface area contributed by atoms with Crippen molar-refractivity contribution in [2.45, 2.75) is 31.2 Å². The number of aromatic nitrogens is 3. The second-order valence-electron chi connectivity index (χ2n) is 8.01. The Labute approximate surface area is 165 Å². The number of fused-ring (bicyclic) bond motifs is 1. The lowest BCUT2D eigenvalue weighted by atomic mass is 9.92. The molecular weight excluding hydrogens is 378 g/mol. The minimum absolute atomic E-state index is 0.0427. The highest BCUT2D eigenvalue weighted by atomic mass is 32.2. The molecule has 9 heteroatoms. The van der Waals surface area contributed by atoms with Crippen LogP contribution < -0.4 is 0 Å². The van der Waals surface area contributed by atoms with Crippen LogP contribution in [-0.2, 0) is 21.7 Å². The summed E-state index contributed by atoms with van der Waals surface area (Å²) in [6, 6.07) is 3.96. The number of likely N-dealkylation sites (N-methyl/N-ethyl adjacent to an activating group) is 1. The molecule has 2 aromatic rings. The van der Waals surface area contributed by atoms with E-state index in [2.05, 4.69) is 16.1 Å². The van der Waals surface area contributed by atoms with Crippen molar-refractivity contribution in [1.29, 1.82) is 0 Å². The minimum Gasteiger partial charge on any atom is -0.342 e. The van der Waals surface area contributed by atoms with E-state index in [0.29, 0.717) is 25.4 Å². The Kier molecular flexibility index (Phi) is 5.13. The van der Waals surface area contributed by atoms with E-state index in [1.165, 1.54) is 0 Å². The first-order valence-electron chi connectivity index (χ1n) is 9.80. The number of aryl methyl sites for hydroxylation is 1. The number of sulfone groups is 1. The summed E-state index contributed by atoms with van der Waals surface area (Å²) in [6.07, 6.45) is 4.17. The van der Waals surface area contributed by atoms with E-state index in [4.69, 9.17) is 0 Å². The van der Waals surface area contributed by atoms with Crippen molar-refractivity contribution in [3.05, 3.63) is 24.0 Å². The number of rotatable bonds is 4. The Morgan fingerprint density at radius 2 is 2.04 bits per heavy atom. The predicted octanol–water partition coefficient (Wildman–Crippen LogP) is 0.793. The van der Waals surface area contributed by atoms with Crippen molar-refractivity contribution in [3.8, 4) is 0 Å². The molecule has 0 aliphatic carbocycles. The van der Waals surface area contributed by atoms with E-state index in [0.717, 1.165) is 29.6 Å². The fraction of sp³-hybridized carbons (Fsp3) is 0.632. The summed E-state index contributed by atoms with van der Waals surface area (Å²) in [7, 11) is 0.828. The number of pyridine rings is 1. The van der Waals surface area contributed by atoms with E-state index >= 15 is 0 Å². The fourth-order valence-corrected chi connectivity index (χ4v) is 6.19. The zero-order chi connectivity index (χ0) is 19.9. The van der Waals surface area contributed by atoms with Gasteiger partial charge in [-0.25, -0.2) is 13.4 Å². The first-order valence-corrected chi connectivity index (χ1v) is 11.6. The number of carbonyl (C=O) groups excluding carboxylic acids is 1. The number of nitrogens with zero attached hydrogens (tertiary/aromatic N) is 5. The third-order valence-corrected chi connectivity index (χ3v) is 7.83. The molecule has 8 nitrogen and oxygen atoms in total. The van der Waals surface area contributed by atoms with Gasteiger partial charge in [0.1, 0.15) is 0 Å². The van der Waals surface area contributed by atoms with E-state index in [1.54, 1.807) is 6.20 Å². The number of likely N-dealkylation sites (tertiary alicyclic amines) is 1. The quantitative estimate of drug-likeness (QED) is 0.747. The second kappa shape index (κ2) is 7.44. The van der Waals surface area contributed by atoms with Crippen LogP contribution in [0.4, 0.5) is 0 Å². The molecule has 0 N–H and O–H groups in total. The van der Waals surface area contributed by atoms with Gasteiger partial charge in [0.2, 0.25) is 5.91 Å². The molecule has 1 unspecified atom stereocenters. The van der Waals surface area contributed by atoms with Crippen LogP contribution in [0.25, 0.3) is 11.0 Å². The number of amides is 1. The molecular formula is C19H27N5O3S. The molecule has 0 radical (unpaired) electrons. The SMILES string of the molecule is CN(CC(=O)N1CCC(c2nn(C)c3ncccc23)CC1)C1CCS(=O)(=O)C1. The summed E-state index contributed by atoms with van der Waals surface area (Å²) in [4.78, 5) is 20.9. The predicted molar refractivity (Wildman–Crippen MR) is 107 cm³/mol. The molecule has 0 aromatic carbocycles. The molecule has 0 saturated carbocycles. The molecule has 28 heavy (non-hydrogen) atoms. The van der Waals surface area contributed by atoms with E-state index in [9.17, 15) is 13.2 Å². The molecule has 0 spiro atoms. The molecule has 2 saturated heterocycles. The zero-order valence-corrected chi connectivity index (χ0v) is 17.2. The maximum Gasteiger partial charge on any atom is 0.236 e. The summed E-state index contributed by atoms with van der Waals surface area (Å²) in [5.41, 5.74) is 1.97. The van der Waals surface area contributed by atoms with Crippen LogP contribution in [0.5, 0.6) is 0 Å². The van der Waals surface area contributed by atoms with Gasteiger partial charge in [0.15, 0.2) is 15.5 Å². The van der Waals surface area contributed by atoms with Crippen LogP contribution >= 0.6 is 0 Å². The van der Waals surface area contributed by atoms with Crippen molar-refractivity contribution >= 4 is 26.8 Å². The topological polar surface area (TPSA) is 88.4 Å². The molecule has 4 rings (SSSR count). The highest BCUT2D eigenvalue weighted by Crippen LogP contribution is 2.31. The highest BCUT2D eigenvalue weighted by molar-refractivity contribution is 7.91. The smallest absolute Gasteiger partial charge is 0.236 e. The van der Waals surface area contributed by atoms with Crippen molar-refractivity contribution in [3.63, 3.8) is 0 Å². The summed E-state index contributed by atoms with van der Waals surface area (Å²) in [5.74, 6) is 0.807. The Morgan fingerprint density at radius 1 is 1.29 bits per heavy atom. The van der Waals surface area contributed by atoms with Crippen molar-refractivity contribution in [1.82, 2.24) is 24.6 Å². The van der Waals surface area contributed by atoms with Gasteiger partial charge in [-0.05, 0) is 38.4 Å². The first-order chi connectivity index (χ1) is 13.3. The van der Waals surface area contributed by atoms with Gasteiger partial charge < -0.3 is 4.90 Å². The van der Waals surface area contributed by atoms with Crippen LogP contribution in [0.2, 0.25) is 0 Å². The van der Waals surface area contributed by atoms with Crippen LogP contribution in [-0.4, -0.2) is 83.1 Å². The van der Waals surface area contributed by atoms with Gasteiger partial charge in [-0.15, -0.1) is 0 Å². The molecule has 2 aromatic heterocycles. The average molecular weight is 406 g/mol. The van der Waals surface area contributed by atoms with Crippen LogP contribution in [0.15, 0.2) is 18.3 Å². The van der Waals surface area contributed by atoms with Gasteiger partial charge in [-0.1, -0.05) is 0 Å². The van der Waals surface area contributed by atoms with Gasteiger partial charge >= 0.3 is 0 Å². The first kappa shape index (κ1) is 19.3. The average Bonchev–Trinajstić information content (AvgIpc) is 3.22. The number of hydrogen-bond donors (Lipinski definition) is 0. The normalized spacial score (nSPS) is 23.0. The molecule has 2 aliphatic rings. The van der Waals surface area contributed by atoms with Crippen LogP contribution in [0, 0.1) is 0 Å². The summed E-state index contributed by atoms with van der Waals surface area (Å²) in [5, 5.41) is 5.78. The number of carbonyl (C=O) groups is 1. The molecule has 1 atom stereocenters. The molecule has 152 valence electrons. The lowest BCUT2D eigenvalue weighted by Crippen LogP contribution is -2.45. The Morgan fingerprint density at radius 3 is 2.71 bits per heavy atom. The molecule has 1 amide bonds. The Balaban J connectivity index is 1.35. The largest absolute Gasteiger partial charge is 0.342 e. The van der Waals surface area contributed by atoms with Crippen molar-refractivity contribution < 1.29 is 13.2 Å². The zero-order valence-electron chi connectivity index (χ0n) is 16.4. The summed E-state index contributed by atoms with van der Waals surface area (Å²) in [6.45, 7) is 1.69. The number of hydrogen-bond acceptors (Lipinski definition) is 6. The standard InChI is InChI=1S/C19H27N5O3S/c1-22(15-7-11-28(26,27)13-15)12-17(25)24-9-5-14(6-10-24)18-16-4-3-8-20-19(16)23(2)21-18/h3-4,8,14-15H,5-7,9-13H2,1-2H3. The molecule has 2 aliphatic heterocycles. The lowest BCUT2D eigenvalue weighted by Gasteiger charge is -2.33. The Hall–Kier alpha value is -2.00. The van der Waals surface area contributed by atoms with E-state index < -0.39 is 9.84 Å². The van der Waals surface area contributed by atoms with Gasteiger partial charge in [-0.3, -0.25) is 14.4 Å². The van der Waals surface area contributed by atoms with Crippen LogP contribution in [0.1, 0.15) is 30.9 Å². The Bertz CT molecular complexity index is 979. The summed E-state index contributed by atoms with van der Waals surface area (Å²) >= 11 is 0. The third-order valence-electron chi connectivity index (χ3n) is 6.08. The maximum atomic E-state index is 12.7. The van der Waals surface area contributed by atoms with E-state index in [1.807, 2.05) is 34.6 Å².